The standard InChI is InChI=1S/C16H22N4O2/c1-12(2)17-16(21)20-9-7-19(8-10-20)11-15-18-13-5-3-4-6-14(13)22-15/h3-6,12H,7-11H2,1-2H3,(H,17,21). The van der Waals surface area contributed by atoms with Crippen LogP contribution in [0.5, 0.6) is 0 Å². The average Bonchev–Trinajstić information content (AvgIpc) is 2.89. The highest BCUT2D eigenvalue weighted by molar-refractivity contribution is 5.74. The zero-order chi connectivity index (χ0) is 15.5. The maximum atomic E-state index is 12.0. The SMILES string of the molecule is CC(C)NC(=O)N1CCN(Cc2nc3ccccc3o2)CC1. The molecular weight excluding hydrogens is 280 g/mol. The Hall–Kier alpha value is -2.08. The predicted octanol–water partition coefficient (Wildman–Crippen LogP) is 2.06. The first-order valence-corrected chi connectivity index (χ1v) is 7.74. The molecule has 1 aromatic carbocycles. The molecule has 1 fully saturated rings. The van der Waals surface area contributed by atoms with Gasteiger partial charge in [0.25, 0.3) is 0 Å². The first-order valence-electron chi connectivity index (χ1n) is 7.74. The zero-order valence-corrected chi connectivity index (χ0v) is 13.1. The lowest BCUT2D eigenvalue weighted by Gasteiger charge is -2.34. The number of hydrogen-bond acceptors (Lipinski definition) is 4. The largest absolute Gasteiger partial charge is 0.439 e. The topological polar surface area (TPSA) is 61.6 Å². The van der Waals surface area contributed by atoms with E-state index >= 15 is 0 Å². The number of benzene rings is 1. The van der Waals surface area contributed by atoms with Gasteiger partial charge in [-0.25, -0.2) is 9.78 Å². The lowest BCUT2D eigenvalue weighted by atomic mass is 10.3. The van der Waals surface area contributed by atoms with E-state index in [1.165, 1.54) is 0 Å². The molecule has 22 heavy (non-hydrogen) atoms. The minimum absolute atomic E-state index is 0.0245. The van der Waals surface area contributed by atoms with Crippen molar-refractivity contribution >= 4 is 17.1 Å². The average molecular weight is 302 g/mol. The highest BCUT2D eigenvalue weighted by Gasteiger charge is 2.22. The van der Waals surface area contributed by atoms with Gasteiger partial charge in [0, 0.05) is 32.2 Å². The van der Waals surface area contributed by atoms with Gasteiger partial charge in [0.2, 0.25) is 5.89 Å². The number of oxazole rings is 1. The molecule has 2 amide bonds. The highest BCUT2D eigenvalue weighted by atomic mass is 16.3. The summed E-state index contributed by atoms with van der Waals surface area (Å²) in [5.74, 6) is 0.737. The van der Waals surface area contributed by atoms with E-state index in [4.69, 9.17) is 4.42 Å². The van der Waals surface area contributed by atoms with Gasteiger partial charge >= 0.3 is 6.03 Å². The van der Waals surface area contributed by atoms with Crippen molar-refractivity contribution in [3.05, 3.63) is 30.2 Å². The first kappa shape index (κ1) is 14.8. The predicted molar refractivity (Wildman–Crippen MR) is 84.5 cm³/mol. The normalized spacial score (nSPS) is 16.4. The van der Waals surface area contributed by atoms with E-state index in [1.807, 2.05) is 43.0 Å². The maximum absolute atomic E-state index is 12.0. The number of carbonyl (C=O) groups excluding carboxylic acids is 1. The summed E-state index contributed by atoms with van der Waals surface area (Å²) in [6.45, 7) is 7.78. The number of fused-ring (bicyclic) bond motifs is 1. The molecule has 2 aromatic rings. The van der Waals surface area contributed by atoms with Crippen molar-refractivity contribution in [3.8, 4) is 0 Å². The number of carbonyl (C=O) groups is 1. The van der Waals surface area contributed by atoms with Gasteiger partial charge in [-0.2, -0.15) is 0 Å². The molecule has 6 nitrogen and oxygen atoms in total. The molecule has 0 spiro atoms. The van der Waals surface area contributed by atoms with Crippen molar-refractivity contribution in [2.24, 2.45) is 0 Å². The lowest BCUT2D eigenvalue weighted by molar-refractivity contribution is 0.128. The Kier molecular flexibility index (Phi) is 4.29. The van der Waals surface area contributed by atoms with Crippen molar-refractivity contribution in [3.63, 3.8) is 0 Å². The van der Waals surface area contributed by atoms with E-state index in [0.29, 0.717) is 6.54 Å². The summed E-state index contributed by atoms with van der Waals surface area (Å²) in [4.78, 5) is 20.6. The van der Waals surface area contributed by atoms with E-state index < -0.39 is 0 Å². The maximum Gasteiger partial charge on any atom is 0.317 e. The molecule has 0 atom stereocenters. The van der Waals surface area contributed by atoms with Crippen molar-refractivity contribution < 1.29 is 9.21 Å². The second kappa shape index (κ2) is 6.36. The number of hydrogen-bond donors (Lipinski definition) is 1. The molecule has 1 N–H and O–H groups in total. The molecule has 118 valence electrons. The summed E-state index contributed by atoms with van der Waals surface area (Å²) >= 11 is 0. The van der Waals surface area contributed by atoms with Gasteiger partial charge in [-0.15, -0.1) is 0 Å². The van der Waals surface area contributed by atoms with Crippen LogP contribution in [0.3, 0.4) is 0 Å². The van der Waals surface area contributed by atoms with Crippen LogP contribution in [0.4, 0.5) is 4.79 Å². The van der Waals surface area contributed by atoms with Crippen LogP contribution < -0.4 is 5.32 Å². The van der Waals surface area contributed by atoms with Gasteiger partial charge in [-0.1, -0.05) is 12.1 Å². The van der Waals surface area contributed by atoms with Crippen LogP contribution in [-0.4, -0.2) is 53.0 Å². The van der Waals surface area contributed by atoms with E-state index in [1.54, 1.807) is 0 Å². The summed E-state index contributed by atoms with van der Waals surface area (Å²) in [5, 5.41) is 2.93. The van der Waals surface area contributed by atoms with Crippen LogP contribution in [0, 0.1) is 0 Å². The Morgan fingerprint density at radius 2 is 2.00 bits per heavy atom. The Labute approximate surface area is 130 Å². The summed E-state index contributed by atoms with van der Waals surface area (Å²) in [6, 6.07) is 7.99. The van der Waals surface area contributed by atoms with Crippen LogP contribution in [0.15, 0.2) is 28.7 Å². The van der Waals surface area contributed by atoms with Crippen molar-refractivity contribution in [2.45, 2.75) is 26.4 Å². The molecular formula is C16H22N4O2. The van der Waals surface area contributed by atoms with E-state index in [0.717, 1.165) is 43.2 Å². The molecule has 1 aliphatic heterocycles. The van der Waals surface area contributed by atoms with Gasteiger partial charge in [-0.3, -0.25) is 4.90 Å². The number of para-hydroxylation sites is 2. The van der Waals surface area contributed by atoms with E-state index in [2.05, 4.69) is 15.2 Å². The second-order valence-electron chi connectivity index (χ2n) is 5.94. The fourth-order valence-corrected chi connectivity index (χ4v) is 2.63. The minimum atomic E-state index is 0.0245. The van der Waals surface area contributed by atoms with Crippen LogP contribution in [-0.2, 0) is 6.54 Å². The highest BCUT2D eigenvalue weighted by Crippen LogP contribution is 2.16. The Morgan fingerprint density at radius 1 is 1.27 bits per heavy atom. The number of nitrogens with one attached hydrogen (secondary N) is 1. The molecule has 0 bridgehead atoms. The fraction of sp³-hybridized carbons (Fsp3) is 0.500. The summed E-state index contributed by atoms with van der Waals surface area (Å²) in [5.41, 5.74) is 1.72. The van der Waals surface area contributed by atoms with E-state index in [-0.39, 0.29) is 12.1 Å². The fourth-order valence-electron chi connectivity index (χ4n) is 2.63. The van der Waals surface area contributed by atoms with Crippen LogP contribution in [0.1, 0.15) is 19.7 Å². The third-order valence-corrected chi connectivity index (χ3v) is 3.77. The van der Waals surface area contributed by atoms with Gasteiger partial charge in [-0.05, 0) is 26.0 Å². The lowest BCUT2D eigenvalue weighted by Crippen LogP contribution is -2.52. The monoisotopic (exact) mass is 302 g/mol. The van der Waals surface area contributed by atoms with Gasteiger partial charge in [0.05, 0.1) is 6.54 Å². The number of nitrogens with zero attached hydrogens (tertiary/aromatic N) is 3. The molecule has 1 aliphatic rings. The van der Waals surface area contributed by atoms with Crippen LogP contribution in [0.2, 0.25) is 0 Å². The number of rotatable bonds is 3. The molecule has 1 aromatic heterocycles. The van der Waals surface area contributed by atoms with Gasteiger partial charge < -0.3 is 14.6 Å². The number of aromatic nitrogens is 1. The summed E-state index contributed by atoms with van der Waals surface area (Å²) in [7, 11) is 0. The third kappa shape index (κ3) is 3.39. The van der Waals surface area contributed by atoms with Crippen LogP contribution >= 0.6 is 0 Å². The molecule has 0 unspecified atom stereocenters. The molecule has 1 saturated heterocycles. The minimum Gasteiger partial charge on any atom is -0.439 e. The third-order valence-electron chi connectivity index (χ3n) is 3.77. The molecule has 6 heteroatoms. The molecule has 0 saturated carbocycles. The van der Waals surface area contributed by atoms with Crippen LogP contribution in [0.25, 0.3) is 11.1 Å². The van der Waals surface area contributed by atoms with E-state index in [9.17, 15) is 4.79 Å². The summed E-state index contributed by atoms with van der Waals surface area (Å²) in [6.07, 6.45) is 0. The number of amides is 2. The van der Waals surface area contributed by atoms with Crippen molar-refractivity contribution in [1.82, 2.24) is 20.1 Å². The Morgan fingerprint density at radius 3 is 2.68 bits per heavy atom. The first-order chi connectivity index (χ1) is 10.6. The quantitative estimate of drug-likeness (QED) is 0.943. The summed E-state index contributed by atoms with van der Waals surface area (Å²) < 4.78 is 5.75. The van der Waals surface area contributed by atoms with Crippen molar-refractivity contribution in [1.29, 1.82) is 0 Å². The van der Waals surface area contributed by atoms with Crippen molar-refractivity contribution in [2.75, 3.05) is 26.2 Å². The molecule has 0 aliphatic carbocycles. The van der Waals surface area contributed by atoms with Gasteiger partial charge in [0.15, 0.2) is 5.58 Å². The smallest absolute Gasteiger partial charge is 0.317 e. The van der Waals surface area contributed by atoms with Gasteiger partial charge in [0.1, 0.15) is 5.52 Å². The number of urea groups is 1. The molecule has 3 rings (SSSR count). The molecule has 0 radical (unpaired) electrons. The number of piperazine rings is 1. The Bertz CT molecular complexity index is 611. The zero-order valence-electron chi connectivity index (χ0n) is 13.1. The molecule has 2 heterocycles. The Balaban J connectivity index is 1.54. The second-order valence-corrected chi connectivity index (χ2v) is 5.94.